The van der Waals surface area contributed by atoms with Crippen LogP contribution in [0.4, 0.5) is 0 Å². The molecule has 1 aliphatic heterocycles. The number of Topliss-reactive ketones (excluding diaryl/α,β-unsaturated/α-hetero) is 1. The van der Waals surface area contributed by atoms with Gasteiger partial charge in [-0.05, 0) is 6.07 Å². The number of para-hydroxylation sites is 1. The van der Waals surface area contributed by atoms with Crippen molar-refractivity contribution in [2.24, 2.45) is 5.92 Å². The summed E-state index contributed by atoms with van der Waals surface area (Å²) in [5.74, 6) is 0.369. The standard InChI is InChI=1S/C18H23N3O2/c1-13(2)18(23)21-9-7-20(8-10-21)12-17(22)15-11-19-16-6-4-3-5-14(15)16/h3-6,11,13,19H,7-10,12H2,1-2H3. The van der Waals surface area contributed by atoms with Gasteiger partial charge in [-0.15, -0.1) is 0 Å². The van der Waals surface area contributed by atoms with Crippen LogP contribution in [0.25, 0.3) is 10.9 Å². The van der Waals surface area contributed by atoms with Crippen molar-refractivity contribution in [2.45, 2.75) is 13.8 Å². The van der Waals surface area contributed by atoms with Crippen LogP contribution < -0.4 is 0 Å². The van der Waals surface area contributed by atoms with E-state index in [9.17, 15) is 9.59 Å². The Hall–Kier alpha value is -2.14. The zero-order chi connectivity index (χ0) is 16.4. The maximum absolute atomic E-state index is 12.6. The second kappa shape index (κ2) is 6.54. The first-order valence-electron chi connectivity index (χ1n) is 8.16. The Kier molecular flexibility index (Phi) is 4.48. The Balaban J connectivity index is 1.61. The second-order valence-electron chi connectivity index (χ2n) is 6.43. The third kappa shape index (κ3) is 3.29. The van der Waals surface area contributed by atoms with E-state index < -0.39 is 0 Å². The van der Waals surface area contributed by atoms with Crippen LogP contribution in [0.15, 0.2) is 30.5 Å². The number of aromatic amines is 1. The highest BCUT2D eigenvalue weighted by Gasteiger charge is 2.24. The Morgan fingerprint density at radius 1 is 1.13 bits per heavy atom. The van der Waals surface area contributed by atoms with Gasteiger partial charge >= 0.3 is 0 Å². The number of benzene rings is 1. The van der Waals surface area contributed by atoms with Crippen LogP contribution in [-0.2, 0) is 4.79 Å². The van der Waals surface area contributed by atoms with Crippen molar-refractivity contribution >= 4 is 22.6 Å². The molecule has 0 unspecified atom stereocenters. The number of amides is 1. The number of aromatic nitrogens is 1. The molecule has 23 heavy (non-hydrogen) atoms. The fraction of sp³-hybridized carbons (Fsp3) is 0.444. The van der Waals surface area contributed by atoms with Crippen molar-refractivity contribution in [1.29, 1.82) is 0 Å². The zero-order valence-corrected chi connectivity index (χ0v) is 13.7. The summed E-state index contributed by atoms with van der Waals surface area (Å²) >= 11 is 0. The zero-order valence-electron chi connectivity index (χ0n) is 13.7. The molecule has 5 heteroatoms. The maximum atomic E-state index is 12.6. The molecular weight excluding hydrogens is 290 g/mol. The number of ketones is 1. The van der Waals surface area contributed by atoms with E-state index in [1.165, 1.54) is 0 Å². The molecule has 1 N–H and O–H groups in total. The van der Waals surface area contributed by atoms with E-state index in [0.717, 1.165) is 29.6 Å². The van der Waals surface area contributed by atoms with Gasteiger partial charge < -0.3 is 9.88 Å². The lowest BCUT2D eigenvalue weighted by Crippen LogP contribution is -2.50. The summed E-state index contributed by atoms with van der Waals surface area (Å²) in [4.78, 5) is 31.7. The minimum absolute atomic E-state index is 0.0365. The van der Waals surface area contributed by atoms with Gasteiger partial charge in [0.05, 0.1) is 6.54 Å². The fourth-order valence-electron chi connectivity index (χ4n) is 3.08. The van der Waals surface area contributed by atoms with E-state index in [1.54, 1.807) is 6.20 Å². The van der Waals surface area contributed by atoms with Crippen molar-refractivity contribution in [3.8, 4) is 0 Å². The molecule has 2 heterocycles. The number of rotatable bonds is 4. The molecule has 1 fully saturated rings. The number of piperazine rings is 1. The number of fused-ring (bicyclic) bond motifs is 1. The number of carbonyl (C=O) groups is 2. The Morgan fingerprint density at radius 3 is 2.52 bits per heavy atom. The predicted molar refractivity (Wildman–Crippen MR) is 90.5 cm³/mol. The highest BCUT2D eigenvalue weighted by Crippen LogP contribution is 2.18. The molecule has 1 saturated heterocycles. The van der Waals surface area contributed by atoms with Crippen LogP contribution in [0.2, 0.25) is 0 Å². The summed E-state index contributed by atoms with van der Waals surface area (Å²) < 4.78 is 0. The van der Waals surface area contributed by atoms with E-state index in [0.29, 0.717) is 19.6 Å². The van der Waals surface area contributed by atoms with Crippen molar-refractivity contribution in [2.75, 3.05) is 32.7 Å². The molecule has 1 aromatic carbocycles. The van der Waals surface area contributed by atoms with Gasteiger partial charge in [-0.25, -0.2) is 0 Å². The molecule has 0 radical (unpaired) electrons. The highest BCUT2D eigenvalue weighted by atomic mass is 16.2. The molecule has 1 amide bonds. The minimum atomic E-state index is 0.0365. The van der Waals surface area contributed by atoms with Crippen LogP contribution in [-0.4, -0.2) is 59.2 Å². The van der Waals surface area contributed by atoms with Gasteiger partial charge in [0.15, 0.2) is 5.78 Å². The fourth-order valence-corrected chi connectivity index (χ4v) is 3.08. The number of hydrogen-bond acceptors (Lipinski definition) is 3. The highest BCUT2D eigenvalue weighted by molar-refractivity contribution is 6.08. The Bertz CT molecular complexity index is 712. The van der Waals surface area contributed by atoms with Crippen molar-refractivity contribution in [3.63, 3.8) is 0 Å². The van der Waals surface area contributed by atoms with Crippen LogP contribution in [0.1, 0.15) is 24.2 Å². The SMILES string of the molecule is CC(C)C(=O)N1CCN(CC(=O)c2c[nH]c3ccccc23)CC1. The predicted octanol–water partition coefficient (Wildman–Crippen LogP) is 2.15. The molecule has 122 valence electrons. The van der Waals surface area contributed by atoms with Crippen LogP contribution >= 0.6 is 0 Å². The molecule has 0 atom stereocenters. The molecule has 0 saturated carbocycles. The third-order valence-electron chi connectivity index (χ3n) is 4.43. The number of carbonyl (C=O) groups excluding carboxylic acids is 2. The minimum Gasteiger partial charge on any atom is -0.360 e. The van der Waals surface area contributed by atoms with E-state index in [-0.39, 0.29) is 17.6 Å². The van der Waals surface area contributed by atoms with Crippen molar-refractivity contribution < 1.29 is 9.59 Å². The molecule has 1 aromatic heterocycles. The Morgan fingerprint density at radius 2 is 1.83 bits per heavy atom. The lowest BCUT2D eigenvalue weighted by molar-refractivity contribution is -0.136. The number of nitrogens with zero attached hydrogens (tertiary/aromatic N) is 2. The molecule has 2 aromatic rings. The molecule has 3 rings (SSSR count). The maximum Gasteiger partial charge on any atom is 0.225 e. The van der Waals surface area contributed by atoms with Gasteiger partial charge in [-0.2, -0.15) is 0 Å². The van der Waals surface area contributed by atoms with E-state index in [2.05, 4.69) is 9.88 Å². The van der Waals surface area contributed by atoms with Gasteiger partial charge in [0.2, 0.25) is 5.91 Å². The number of nitrogens with one attached hydrogen (secondary N) is 1. The van der Waals surface area contributed by atoms with E-state index in [1.807, 2.05) is 43.0 Å². The largest absolute Gasteiger partial charge is 0.360 e. The molecular formula is C18H23N3O2. The summed E-state index contributed by atoms with van der Waals surface area (Å²) in [7, 11) is 0. The van der Waals surface area contributed by atoms with Crippen LogP contribution in [0.3, 0.4) is 0 Å². The van der Waals surface area contributed by atoms with Gasteiger partial charge in [-0.1, -0.05) is 32.0 Å². The Labute approximate surface area is 136 Å². The van der Waals surface area contributed by atoms with Gasteiger partial charge in [0, 0.05) is 54.8 Å². The average molecular weight is 313 g/mol. The summed E-state index contributed by atoms with van der Waals surface area (Å²) in [5.41, 5.74) is 1.74. The normalized spacial score (nSPS) is 16.2. The smallest absolute Gasteiger partial charge is 0.225 e. The first-order valence-corrected chi connectivity index (χ1v) is 8.16. The topological polar surface area (TPSA) is 56.4 Å². The third-order valence-corrected chi connectivity index (χ3v) is 4.43. The van der Waals surface area contributed by atoms with Crippen molar-refractivity contribution in [1.82, 2.24) is 14.8 Å². The van der Waals surface area contributed by atoms with Gasteiger partial charge in [-0.3, -0.25) is 14.5 Å². The quantitative estimate of drug-likeness (QED) is 0.880. The van der Waals surface area contributed by atoms with E-state index in [4.69, 9.17) is 0 Å². The number of H-pyrrole nitrogens is 1. The van der Waals surface area contributed by atoms with Crippen LogP contribution in [0, 0.1) is 5.92 Å². The second-order valence-corrected chi connectivity index (χ2v) is 6.43. The molecule has 0 bridgehead atoms. The van der Waals surface area contributed by atoms with E-state index >= 15 is 0 Å². The molecule has 0 aliphatic carbocycles. The molecule has 5 nitrogen and oxygen atoms in total. The number of hydrogen-bond donors (Lipinski definition) is 1. The van der Waals surface area contributed by atoms with Crippen molar-refractivity contribution in [3.05, 3.63) is 36.0 Å². The summed E-state index contributed by atoms with van der Waals surface area (Å²) in [6.07, 6.45) is 1.80. The first kappa shape index (κ1) is 15.7. The summed E-state index contributed by atoms with van der Waals surface area (Å²) in [5, 5.41) is 0.978. The molecule has 1 aliphatic rings. The lowest BCUT2D eigenvalue weighted by Gasteiger charge is -2.35. The monoisotopic (exact) mass is 313 g/mol. The van der Waals surface area contributed by atoms with Gasteiger partial charge in [0.1, 0.15) is 0 Å². The first-order chi connectivity index (χ1) is 11.1. The summed E-state index contributed by atoms with van der Waals surface area (Å²) in [6.45, 7) is 7.19. The lowest BCUT2D eigenvalue weighted by atomic mass is 10.1. The molecule has 0 spiro atoms. The average Bonchev–Trinajstić information content (AvgIpc) is 2.99. The van der Waals surface area contributed by atoms with Gasteiger partial charge in [0.25, 0.3) is 0 Å². The van der Waals surface area contributed by atoms with Crippen LogP contribution in [0.5, 0.6) is 0 Å². The summed E-state index contributed by atoms with van der Waals surface area (Å²) in [6, 6.07) is 7.85.